The first-order valence-corrected chi connectivity index (χ1v) is 4.48. The molecule has 1 heterocycles. The Labute approximate surface area is 73.0 Å². The zero-order valence-electron chi connectivity index (χ0n) is 7.70. The number of aliphatic hydroxyl groups is 1. The van der Waals surface area contributed by atoms with E-state index in [1.54, 1.807) is 6.20 Å². The minimum atomic E-state index is -0.338. The van der Waals surface area contributed by atoms with Crippen molar-refractivity contribution < 1.29 is 5.11 Å². The molecule has 0 bridgehead atoms. The molecule has 0 fully saturated rings. The first kappa shape index (κ1) is 9.26. The van der Waals surface area contributed by atoms with Gasteiger partial charge in [-0.1, -0.05) is 13.3 Å². The van der Waals surface area contributed by atoms with Gasteiger partial charge in [-0.3, -0.25) is 4.68 Å². The maximum Gasteiger partial charge on any atom is 0.0820 e. The molecule has 1 aromatic rings. The van der Waals surface area contributed by atoms with Crippen LogP contribution in [0.3, 0.4) is 0 Å². The van der Waals surface area contributed by atoms with E-state index < -0.39 is 0 Å². The van der Waals surface area contributed by atoms with Gasteiger partial charge in [0.1, 0.15) is 0 Å². The highest BCUT2D eigenvalue weighted by atomic mass is 16.3. The second-order valence-corrected chi connectivity index (χ2v) is 2.93. The topological polar surface area (TPSA) is 38.1 Å². The second kappa shape index (κ2) is 4.26. The lowest BCUT2D eigenvalue weighted by Crippen LogP contribution is -1.95. The van der Waals surface area contributed by atoms with Crippen LogP contribution < -0.4 is 0 Å². The van der Waals surface area contributed by atoms with E-state index in [1.807, 2.05) is 17.8 Å². The summed E-state index contributed by atoms with van der Waals surface area (Å²) >= 11 is 0. The Bertz CT molecular complexity index is 232. The van der Waals surface area contributed by atoms with Crippen LogP contribution in [0.4, 0.5) is 0 Å². The van der Waals surface area contributed by atoms with E-state index in [-0.39, 0.29) is 6.10 Å². The predicted molar refractivity (Wildman–Crippen MR) is 47.8 cm³/mol. The molecule has 0 aliphatic rings. The first-order chi connectivity index (χ1) is 5.77. The molecule has 1 atom stereocenters. The number of rotatable bonds is 4. The molecule has 0 aliphatic carbocycles. The second-order valence-electron chi connectivity index (χ2n) is 2.93. The Hall–Kier alpha value is -0.830. The van der Waals surface area contributed by atoms with Gasteiger partial charge >= 0.3 is 0 Å². The van der Waals surface area contributed by atoms with Crippen LogP contribution in [-0.4, -0.2) is 14.9 Å². The van der Waals surface area contributed by atoms with Gasteiger partial charge in [-0.05, 0) is 13.3 Å². The van der Waals surface area contributed by atoms with E-state index in [4.69, 9.17) is 0 Å². The number of hydrogen-bond acceptors (Lipinski definition) is 2. The van der Waals surface area contributed by atoms with Crippen molar-refractivity contribution in [1.29, 1.82) is 0 Å². The van der Waals surface area contributed by atoms with Crippen molar-refractivity contribution >= 4 is 0 Å². The van der Waals surface area contributed by atoms with Gasteiger partial charge in [0.2, 0.25) is 0 Å². The molecule has 68 valence electrons. The van der Waals surface area contributed by atoms with Gasteiger partial charge in [-0.25, -0.2) is 0 Å². The fraction of sp³-hybridized carbons (Fsp3) is 0.667. The number of aliphatic hydroxyl groups excluding tert-OH is 1. The average Bonchev–Trinajstić information content (AvgIpc) is 2.52. The fourth-order valence-electron chi connectivity index (χ4n) is 1.16. The van der Waals surface area contributed by atoms with Crippen LogP contribution in [0, 0.1) is 0 Å². The molecule has 0 radical (unpaired) electrons. The highest BCUT2D eigenvalue weighted by Gasteiger charge is 2.07. The zero-order valence-corrected chi connectivity index (χ0v) is 7.70. The normalized spacial score (nSPS) is 13.2. The Kier molecular flexibility index (Phi) is 3.29. The molecule has 0 spiro atoms. The fourth-order valence-corrected chi connectivity index (χ4v) is 1.16. The maximum atomic E-state index is 9.58. The van der Waals surface area contributed by atoms with E-state index in [2.05, 4.69) is 12.0 Å². The quantitative estimate of drug-likeness (QED) is 0.743. The summed E-state index contributed by atoms with van der Waals surface area (Å²) in [5, 5.41) is 13.7. The SMILES string of the molecule is CCCC(O)c1cnn(CC)c1. The van der Waals surface area contributed by atoms with E-state index in [1.165, 1.54) is 0 Å². The van der Waals surface area contributed by atoms with Crippen LogP contribution in [-0.2, 0) is 6.54 Å². The van der Waals surface area contributed by atoms with Gasteiger partial charge in [-0.2, -0.15) is 5.10 Å². The van der Waals surface area contributed by atoms with Crippen LogP contribution in [0.5, 0.6) is 0 Å². The molecule has 0 saturated carbocycles. The summed E-state index contributed by atoms with van der Waals surface area (Å²) in [7, 11) is 0. The van der Waals surface area contributed by atoms with E-state index in [9.17, 15) is 5.11 Å². The summed E-state index contributed by atoms with van der Waals surface area (Å²) in [4.78, 5) is 0. The minimum Gasteiger partial charge on any atom is -0.388 e. The highest BCUT2D eigenvalue weighted by Crippen LogP contribution is 2.16. The standard InChI is InChI=1S/C9H16N2O/c1-3-5-9(12)8-6-10-11(4-2)7-8/h6-7,9,12H,3-5H2,1-2H3. The van der Waals surface area contributed by atoms with E-state index in [0.29, 0.717) is 0 Å². The third-order valence-electron chi connectivity index (χ3n) is 1.92. The molecule has 3 heteroatoms. The van der Waals surface area contributed by atoms with Gasteiger partial charge in [-0.15, -0.1) is 0 Å². The Balaban J connectivity index is 2.61. The summed E-state index contributed by atoms with van der Waals surface area (Å²) in [6.45, 7) is 4.95. The lowest BCUT2D eigenvalue weighted by molar-refractivity contribution is 0.166. The lowest BCUT2D eigenvalue weighted by atomic mass is 10.1. The van der Waals surface area contributed by atoms with Gasteiger partial charge in [0.25, 0.3) is 0 Å². The summed E-state index contributed by atoms with van der Waals surface area (Å²) in [6, 6.07) is 0. The number of aryl methyl sites for hydroxylation is 1. The number of nitrogens with zero attached hydrogens (tertiary/aromatic N) is 2. The summed E-state index contributed by atoms with van der Waals surface area (Å²) in [5.41, 5.74) is 0.929. The van der Waals surface area contributed by atoms with Gasteiger partial charge in [0, 0.05) is 18.3 Å². The third-order valence-corrected chi connectivity index (χ3v) is 1.92. The van der Waals surface area contributed by atoms with Crippen molar-refractivity contribution in [2.45, 2.75) is 39.3 Å². The van der Waals surface area contributed by atoms with Crippen LogP contribution in [0.25, 0.3) is 0 Å². The number of aromatic nitrogens is 2. The molecule has 1 N–H and O–H groups in total. The van der Waals surface area contributed by atoms with Crippen LogP contribution >= 0.6 is 0 Å². The monoisotopic (exact) mass is 168 g/mol. The van der Waals surface area contributed by atoms with Crippen LogP contribution in [0.2, 0.25) is 0 Å². The lowest BCUT2D eigenvalue weighted by Gasteiger charge is -2.04. The highest BCUT2D eigenvalue weighted by molar-refractivity contribution is 5.07. The molecule has 1 unspecified atom stereocenters. The largest absolute Gasteiger partial charge is 0.388 e. The Morgan fingerprint density at radius 2 is 2.33 bits per heavy atom. The van der Waals surface area contributed by atoms with E-state index >= 15 is 0 Å². The molecule has 1 rings (SSSR count). The Morgan fingerprint density at radius 1 is 1.58 bits per heavy atom. The summed E-state index contributed by atoms with van der Waals surface area (Å²) in [6.07, 6.45) is 5.12. The molecule has 3 nitrogen and oxygen atoms in total. The van der Waals surface area contributed by atoms with E-state index in [0.717, 1.165) is 24.9 Å². The van der Waals surface area contributed by atoms with Crippen molar-refractivity contribution in [3.05, 3.63) is 18.0 Å². The zero-order chi connectivity index (χ0) is 8.97. The molecule has 12 heavy (non-hydrogen) atoms. The van der Waals surface area contributed by atoms with Crippen molar-refractivity contribution in [2.75, 3.05) is 0 Å². The molecule has 0 amide bonds. The van der Waals surface area contributed by atoms with Gasteiger partial charge in [0.05, 0.1) is 12.3 Å². The summed E-state index contributed by atoms with van der Waals surface area (Å²) < 4.78 is 1.83. The first-order valence-electron chi connectivity index (χ1n) is 4.48. The van der Waals surface area contributed by atoms with Gasteiger partial charge in [0.15, 0.2) is 0 Å². The maximum absolute atomic E-state index is 9.58. The summed E-state index contributed by atoms with van der Waals surface area (Å²) in [5.74, 6) is 0. The molecule has 1 aromatic heterocycles. The van der Waals surface area contributed by atoms with Crippen LogP contribution in [0.15, 0.2) is 12.4 Å². The molecular weight excluding hydrogens is 152 g/mol. The Morgan fingerprint density at radius 3 is 2.83 bits per heavy atom. The molecule has 0 saturated heterocycles. The van der Waals surface area contributed by atoms with Crippen molar-refractivity contribution in [3.63, 3.8) is 0 Å². The predicted octanol–water partition coefficient (Wildman–Crippen LogP) is 1.74. The smallest absolute Gasteiger partial charge is 0.0820 e. The van der Waals surface area contributed by atoms with Crippen LogP contribution in [0.1, 0.15) is 38.4 Å². The third kappa shape index (κ3) is 2.08. The molecular formula is C9H16N2O. The molecule has 0 aliphatic heterocycles. The number of hydrogen-bond donors (Lipinski definition) is 1. The van der Waals surface area contributed by atoms with Crippen molar-refractivity contribution in [2.24, 2.45) is 0 Å². The minimum absolute atomic E-state index is 0.338. The average molecular weight is 168 g/mol. The van der Waals surface area contributed by atoms with Gasteiger partial charge < -0.3 is 5.11 Å². The van der Waals surface area contributed by atoms with Crippen molar-refractivity contribution in [1.82, 2.24) is 9.78 Å². The molecule has 0 aromatic carbocycles. The van der Waals surface area contributed by atoms with Crippen molar-refractivity contribution in [3.8, 4) is 0 Å².